The number of carbonyl (C=O) groups is 1. The van der Waals surface area contributed by atoms with Crippen LogP contribution >= 0.6 is 0 Å². The third kappa shape index (κ3) is 3.86. The molecule has 2 N–H and O–H groups in total. The summed E-state index contributed by atoms with van der Waals surface area (Å²) in [4.78, 5) is 11.6. The molecule has 1 rings (SSSR count). The molecule has 0 bridgehead atoms. The molecule has 0 heterocycles. The summed E-state index contributed by atoms with van der Waals surface area (Å²) in [5.74, 6) is -0.932. The zero-order valence-electron chi connectivity index (χ0n) is 11.3. The molecule has 1 aromatic rings. The highest BCUT2D eigenvalue weighted by Gasteiger charge is 2.37. The summed E-state index contributed by atoms with van der Waals surface area (Å²) in [5, 5.41) is 0. The van der Waals surface area contributed by atoms with E-state index in [9.17, 15) is 18.0 Å². The molecule has 0 aliphatic heterocycles. The van der Waals surface area contributed by atoms with E-state index in [1.165, 1.54) is 19.2 Å². The minimum absolute atomic E-state index is 0.349. The summed E-state index contributed by atoms with van der Waals surface area (Å²) >= 11 is 0. The smallest absolute Gasteiger partial charge is 0.469 e. The van der Waals surface area contributed by atoms with E-state index in [2.05, 4.69) is 9.47 Å². The van der Waals surface area contributed by atoms with Gasteiger partial charge in [-0.3, -0.25) is 4.79 Å². The lowest BCUT2D eigenvalue weighted by molar-refractivity contribution is -0.274. The van der Waals surface area contributed by atoms with E-state index in [0.717, 1.165) is 12.1 Å². The van der Waals surface area contributed by atoms with Gasteiger partial charge in [0, 0.05) is 6.04 Å². The molecular weight excluding hydrogens is 275 g/mol. The zero-order valence-corrected chi connectivity index (χ0v) is 11.3. The number of hydrogen-bond acceptors (Lipinski definition) is 4. The molecule has 0 unspecified atom stereocenters. The molecule has 1 atom stereocenters. The Hall–Kier alpha value is -1.76. The van der Waals surface area contributed by atoms with Crippen molar-refractivity contribution in [3.63, 3.8) is 0 Å². The van der Waals surface area contributed by atoms with Crippen molar-refractivity contribution in [2.24, 2.45) is 11.1 Å². The van der Waals surface area contributed by atoms with Gasteiger partial charge in [-0.25, -0.2) is 0 Å². The number of benzene rings is 1. The van der Waals surface area contributed by atoms with Crippen LogP contribution in [0.4, 0.5) is 13.2 Å². The van der Waals surface area contributed by atoms with E-state index in [1.807, 2.05) is 0 Å². The Kier molecular flexibility index (Phi) is 4.65. The van der Waals surface area contributed by atoms with E-state index in [0.29, 0.717) is 5.56 Å². The van der Waals surface area contributed by atoms with Gasteiger partial charge in [0.05, 0.1) is 12.5 Å². The van der Waals surface area contributed by atoms with Crippen molar-refractivity contribution in [3.8, 4) is 5.75 Å². The number of methoxy groups -OCH3 is 1. The Bertz CT molecular complexity index is 486. The predicted molar refractivity (Wildman–Crippen MR) is 65.9 cm³/mol. The molecule has 0 aliphatic carbocycles. The quantitative estimate of drug-likeness (QED) is 0.866. The highest BCUT2D eigenvalue weighted by molar-refractivity contribution is 5.77. The van der Waals surface area contributed by atoms with Gasteiger partial charge in [-0.2, -0.15) is 0 Å². The normalized spacial score (nSPS) is 13.8. The fourth-order valence-corrected chi connectivity index (χ4v) is 1.71. The van der Waals surface area contributed by atoms with Crippen LogP contribution in [0.2, 0.25) is 0 Å². The molecule has 0 fully saturated rings. The number of ether oxygens (including phenoxy) is 2. The maximum atomic E-state index is 12.2. The second-order valence-electron chi connectivity index (χ2n) is 4.81. The van der Waals surface area contributed by atoms with E-state index in [-0.39, 0.29) is 5.75 Å². The van der Waals surface area contributed by atoms with Gasteiger partial charge in [-0.1, -0.05) is 12.1 Å². The minimum Gasteiger partial charge on any atom is -0.469 e. The summed E-state index contributed by atoms with van der Waals surface area (Å²) in [6.07, 6.45) is -4.78. The summed E-state index contributed by atoms with van der Waals surface area (Å²) in [6.45, 7) is 3.11. The summed E-state index contributed by atoms with van der Waals surface area (Å²) in [5.41, 5.74) is 5.22. The van der Waals surface area contributed by atoms with Gasteiger partial charge in [0.1, 0.15) is 5.75 Å². The lowest BCUT2D eigenvalue weighted by atomic mass is 9.81. The van der Waals surface area contributed by atoms with Crippen LogP contribution in [0.3, 0.4) is 0 Å². The number of halogens is 3. The van der Waals surface area contributed by atoms with Crippen LogP contribution in [0.1, 0.15) is 25.5 Å². The van der Waals surface area contributed by atoms with Gasteiger partial charge >= 0.3 is 12.3 Å². The van der Waals surface area contributed by atoms with Crippen LogP contribution in [0.25, 0.3) is 0 Å². The number of esters is 1. The molecule has 4 nitrogen and oxygen atoms in total. The number of hydrogen-bond donors (Lipinski definition) is 1. The maximum absolute atomic E-state index is 12.2. The zero-order chi connectivity index (χ0) is 15.6. The lowest BCUT2D eigenvalue weighted by Crippen LogP contribution is -2.37. The lowest BCUT2D eigenvalue weighted by Gasteiger charge is -2.29. The summed E-state index contributed by atoms with van der Waals surface area (Å²) in [7, 11) is 1.22. The molecule has 0 aliphatic rings. The predicted octanol–water partition coefficient (Wildman–Crippen LogP) is 2.78. The molecule has 7 heteroatoms. The Morgan fingerprint density at radius 3 is 2.40 bits per heavy atom. The summed E-state index contributed by atoms with van der Waals surface area (Å²) < 4.78 is 44.9. The first-order chi connectivity index (χ1) is 9.08. The molecule has 1 aromatic carbocycles. The first kappa shape index (κ1) is 16.3. The Balaban J connectivity index is 3.03. The van der Waals surface area contributed by atoms with Crippen LogP contribution in [-0.4, -0.2) is 19.4 Å². The number of carbonyl (C=O) groups excluding carboxylic acids is 1. The van der Waals surface area contributed by atoms with Crippen LogP contribution in [0.5, 0.6) is 5.75 Å². The third-order valence-electron chi connectivity index (χ3n) is 2.94. The average Bonchev–Trinajstić information content (AvgIpc) is 2.35. The largest absolute Gasteiger partial charge is 0.573 e. The van der Waals surface area contributed by atoms with Crippen LogP contribution in [0, 0.1) is 5.41 Å². The standard InChI is InChI=1S/C13H16F3NO3/c1-12(2,11(18)19-3)10(17)8-5-4-6-9(7-8)20-13(14,15)16/h4-7,10H,17H2,1-3H3/t10-/m1/s1. The van der Waals surface area contributed by atoms with Gasteiger partial charge in [0.2, 0.25) is 0 Å². The second kappa shape index (κ2) is 5.70. The van der Waals surface area contributed by atoms with Gasteiger partial charge in [0.25, 0.3) is 0 Å². The molecule has 0 saturated heterocycles. The van der Waals surface area contributed by atoms with Crippen LogP contribution in [-0.2, 0) is 9.53 Å². The molecule has 112 valence electrons. The fraction of sp³-hybridized carbons (Fsp3) is 0.462. The highest BCUT2D eigenvalue weighted by atomic mass is 19.4. The SMILES string of the molecule is COC(=O)C(C)(C)[C@H](N)c1cccc(OC(F)(F)F)c1. The van der Waals surface area contributed by atoms with E-state index in [1.54, 1.807) is 13.8 Å². The van der Waals surface area contributed by atoms with Crippen molar-refractivity contribution in [1.29, 1.82) is 0 Å². The van der Waals surface area contributed by atoms with Crippen LogP contribution in [0.15, 0.2) is 24.3 Å². The fourth-order valence-electron chi connectivity index (χ4n) is 1.71. The van der Waals surface area contributed by atoms with Gasteiger partial charge in [-0.15, -0.1) is 13.2 Å². The topological polar surface area (TPSA) is 61.5 Å². The Labute approximate surface area is 114 Å². The van der Waals surface area contributed by atoms with Crippen molar-refractivity contribution >= 4 is 5.97 Å². The average molecular weight is 291 g/mol. The number of rotatable bonds is 4. The van der Waals surface area contributed by atoms with Crippen molar-refractivity contribution in [2.45, 2.75) is 26.3 Å². The van der Waals surface area contributed by atoms with E-state index >= 15 is 0 Å². The molecule has 20 heavy (non-hydrogen) atoms. The second-order valence-corrected chi connectivity index (χ2v) is 4.81. The van der Waals surface area contributed by atoms with Crippen LogP contribution < -0.4 is 10.5 Å². The molecule has 0 spiro atoms. The van der Waals surface area contributed by atoms with Gasteiger partial charge in [-0.05, 0) is 31.5 Å². The molecule has 0 radical (unpaired) electrons. The third-order valence-corrected chi connectivity index (χ3v) is 2.94. The van der Waals surface area contributed by atoms with Gasteiger partial charge < -0.3 is 15.2 Å². The highest BCUT2D eigenvalue weighted by Crippen LogP contribution is 2.34. The first-order valence-corrected chi connectivity index (χ1v) is 5.77. The molecule has 0 amide bonds. The number of alkyl halides is 3. The Morgan fingerprint density at radius 2 is 1.90 bits per heavy atom. The van der Waals surface area contributed by atoms with Crippen molar-refractivity contribution in [1.82, 2.24) is 0 Å². The minimum atomic E-state index is -4.78. The monoisotopic (exact) mass is 291 g/mol. The summed E-state index contributed by atoms with van der Waals surface area (Å²) in [6, 6.07) is 4.40. The molecule has 0 aromatic heterocycles. The van der Waals surface area contributed by atoms with Crippen molar-refractivity contribution in [3.05, 3.63) is 29.8 Å². The first-order valence-electron chi connectivity index (χ1n) is 5.77. The van der Waals surface area contributed by atoms with Crippen molar-refractivity contribution in [2.75, 3.05) is 7.11 Å². The van der Waals surface area contributed by atoms with Crippen molar-refractivity contribution < 1.29 is 27.4 Å². The van der Waals surface area contributed by atoms with Gasteiger partial charge in [0.15, 0.2) is 0 Å². The van der Waals surface area contributed by atoms with E-state index < -0.39 is 23.8 Å². The van der Waals surface area contributed by atoms with E-state index in [4.69, 9.17) is 5.73 Å². The number of nitrogens with two attached hydrogens (primary N) is 1. The molecular formula is C13H16F3NO3. The Morgan fingerprint density at radius 1 is 1.30 bits per heavy atom. The molecule has 0 saturated carbocycles. The maximum Gasteiger partial charge on any atom is 0.573 e.